The Kier molecular flexibility index (Phi) is 4.98. The van der Waals surface area contributed by atoms with Gasteiger partial charge in [-0.2, -0.15) is 0 Å². The van der Waals surface area contributed by atoms with Gasteiger partial charge >= 0.3 is 5.97 Å². The Labute approximate surface area is 94.7 Å². The number of carboxylic acid groups (broad SMARTS) is 1. The molecular formula is C11H17NO4. The highest BCUT2D eigenvalue weighted by Crippen LogP contribution is 2.14. The summed E-state index contributed by atoms with van der Waals surface area (Å²) in [6.07, 6.45) is 3.33. The van der Waals surface area contributed by atoms with Gasteiger partial charge in [-0.05, 0) is 12.8 Å². The molecule has 1 amide bonds. The third kappa shape index (κ3) is 4.02. The molecule has 0 atom stereocenters. The fourth-order valence-corrected chi connectivity index (χ4v) is 1.71. The number of rotatable bonds is 5. The molecule has 1 saturated heterocycles. The summed E-state index contributed by atoms with van der Waals surface area (Å²) in [6, 6.07) is 0. The van der Waals surface area contributed by atoms with Gasteiger partial charge in [-0.25, -0.2) is 4.79 Å². The predicted octanol–water partition coefficient (Wildman–Crippen LogP) is 0.655. The summed E-state index contributed by atoms with van der Waals surface area (Å²) in [4.78, 5) is 23.6. The lowest BCUT2D eigenvalue weighted by atomic mass is 10.1. The Hall–Kier alpha value is -1.36. The molecule has 0 aliphatic carbocycles. The minimum absolute atomic E-state index is 0.0381. The first-order chi connectivity index (χ1) is 7.63. The number of nitrogens with zero attached hydrogens (tertiary/aromatic N) is 1. The number of hydrogen-bond acceptors (Lipinski definition) is 3. The van der Waals surface area contributed by atoms with Crippen LogP contribution in [-0.2, 0) is 14.3 Å². The van der Waals surface area contributed by atoms with E-state index >= 15 is 0 Å². The predicted molar refractivity (Wildman–Crippen MR) is 58.0 cm³/mol. The third-order valence-electron chi connectivity index (χ3n) is 2.56. The Morgan fingerprint density at radius 1 is 1.44 bits per heavy atom. The van der Waals surface area contributed by atoms with Crippen molar-refractivity contribution in [3.8, 4) is 0 Å². The van der Waals surface area contributed by atoms with Crippen LogP contribution in [0.5, 0.6) is 0 Å². The lowest BCUT2D eigenvalue weighted by molar-refractivity contribution is -0.146. The highest BCUT2D eigenvalue weighted by molar-refractivity contribution is 5.77. The molecule has 1 aliphatic rings. The normalized spacial score (nSPS) is 17.1. The fourth-order valence-electron chi connectivity index (χ4n) is 1.71. The van der Waals surface area contributed by atoms with Crippen LogP contribution in [0.25, 0.3) is 0 Å². The highest BCUT2D eigenvalue weighted by atomic mass is 16.5. The van der Waals surface area contributed by atoms with Gasteiger partial charge in [0.25, 0.3) is 0 Å². The van der Waals surface area contributed by atoms with Gasteiger partial charge in [-0.1, -0.05) is 6.08 Å². The highest BCUT2D eigenvalue weighted by Gasteiger charge is 2.22. The molecular weight excluding hydrogens is 210 g/mol. The number of amides is 1. The molecule has 0 aromatic rings. The lowest BCUT2D eigenvalue weighted by Crippen LogP contribution is -2.41. The van der Waals surface area contributed by atoms with Gasteiger partial charge in [0.1, 0.15) is 6.61 Å². The van der Waals surface area contributed by atoms with E-state index in [9.17, 15) is 9.59 Å². The van der Waals surface area contributed by atoms with E-state index in [4.69, 9.17) is 9.84 Å². The molecule has 1 aliphatic heterocycles. The zero-order chi connectivity index (χ0) is 12.0. The summed E-state index contributed by atoms with van der Waals surface area (Å²) in [5, 5.41) is 8.45. The molecule has 5 nitrogen and oxygen atoms in total. The first kappa shape index (κ1) is 12.7. The number of carboxylic acids is 1. The van der Waals surface area contributed by atoms with Crippen molar-refractivity contribution in [2.75, 3.05) is 19.7 Å². The van der Waals surface area contributed by atoms with Gasteiger partial charge in [0, 0.05) is 19.5 Å². The van der Waals surface area contributed by atoms with Crippen LogP contribution in [-0.4, -0.2) is 47.7 Å². The largest absolute Gasteiger partial charge is 0.480 e. The van der Waals surface area contributed by atoms with Crippen molar-refractivity contribution < 1.29 is 19.4 Å². The average molecular weight is 227 g/mol. The van der Waals surface area contributed by atoms with E-state index in [1.165, 1.54) is 0 Å². The van der Waals surface area contributed by atoms with Crippen LogP contribution in [0.4, 0.5) is 0 Å². The van der Waals surface area contributed by atoms with Gasteiger partial charge in [-0.3, -0.25) is 4.79 Å². The molecule has 0 aromatic carbocycles. The summed E-state index contributed by atoms with van der Waals surface area (Å²) in [5.41, 5.74) is 0. The first-order valence-electron chi connectivity index (χ1n) is 5.35. The molecule has 1 fully saturated rings. The van der Waals surface area contributed by atoms with Crippen molar-refractivity contribution in [1.82, 2.24) is 4.90 Å². The second-order valence-corrected chi connectivity index (χ2v) is 3.78. The second kappa shape index (κ2) is 6.27. The monoisotopic (exact) mass is 227 g/mol. The number of piperidine rings is 1. The molecule has 16 heavy (non-hydrogen) atoms. The van der Waals surface area contributed by atoms with Crippen molar-refractivity contribution in [1.29, 1.82) is 0 Å². The first-order valence-corrected chi connectivity index (χ1v) is 5.35. The van der Waals surface area contributed by atoms with Gasteiger partial charge in [0.2, 0.25) is 5.91 Å². The molecule has 0 aromatic heterocycles. The maximum absolute atomic E-state index is 11.5. The SMILES string of the molecule is C=CCC(=O)N1CCC(OCC(=O)O)CC1. The summed E-state index contributed by atoms with van der Waals surface area (Å²) >= 11 is 0. The van der Waals surface area contributed by atoms with E-state index < -0.39 is 5.97 Å². The van der Waals surface area contributed by atoms with Crippen LogP contribution in [0.2, 0.25) is 0 Å². The van der Waals surface area contributed by atoms with Crippen molar-refractivity contribution in [2.45, 2.75) is 25.4 Å². The molecule has 90 valence electrons. The van der Waals surface area contributed by atoms with Crippen molar-refractivity contribution in [3.63, 3.8) is 0 Å². The van der Waals surface area contributed by atoms with E-state index in [-0.39, 0.29) is 18.6 Å². The van der Waals surface area contributed by atoms with E-state index in [0.717, 1.165) is 0 Å². The van der Waals surface area contributed by atoms with Crippen molar-refractivity contribution >= 4 is 11.9 Å². The number of aliphatic carboxylic acids is 1. The number of carbonyl (C=O) groups excluding carboxylic acids is 1. The number of likely N-dealkylation sites (tertiary alicyclic amines) is 1. The number of hydrogen-bond donors (Lipinski definition) is 1. The van der Waals surface area contributed by atoms with E-state index in [2.05, 4.69) is 6.58 Å². The van der Waals surface area contributed by atoms with Gasteiger partial charge in [-0.15, -0.1) is 6.58 Å². The Morgan fingerprint density at radius 2 is 2.06 bits per heavy atom. The summed E-state index contributed by atoms with van der Waals surface area (Å²) < 4.78 is 5.17. The molecule has 5 heteroatoms. The molecule has 0 radical (unpaired) electrons. The van der Waals surface area contributed by atoms with E-state index in [1.807, 2.05) is 0 Å². The smallest absolute Gasteiger partial charge is 0.329 e. The van der Waals surface area contributed by atoms with Crippen LogP contribution in [0.3, 0.4) is 0 Å². The van der Waals surface area contributed by atoms with Crippen molar-refractivity contribution in [3.05, 3.63) is 12.7 Å². The Morgan fingerprint density at radius 3 is 2.56 bits per heavy atom. The molecule has 1 N–H and O–H groups in total. The minimum Gasteiger partial charge on any atom is -0.480 e. The van der Waals surface area contributed by atoms with E-state index in [0.29, 0.717) is 32.4 Å². The summed E-state index contributed by atoms with van der Waals surface area (Å²) in [5.74, 6) is -0.878. The molecule has 0 spiro atoms. The molecule has 1 heterocycles. The van der Waals surface area contributed by atoms with E-state index in [1.54, 1.807) is 11.0 Å². The fraction of sp³-hybridized carbons (Fsp3) is 0.636. The third-order valence-corrected chi connectivity index (χ3v) is 2.56. The van der Waals surface area contributed by atoms with Gasteiger partial charge < -0.3 is 14.7 Å². The van der Waals surface area contributed by atoms with Gasteiger partial charge in [0.05, 0.1) is 6.10 Å². The maximum atomic E-state index is 11.5. The Balaban J connectivity index is 2.25. The van der Waals surface area contributed by atoms with Crippen LogP contribution in [0.15, 0.2) is 12.7 Å². The molecule has 1 rings (SSSR count). The summed E-state index contributed by atoms with van der Waals surface area (Å²) in [7, 11) is 0. The van der Waals surface area contributed by atoms with Crippen LogP contribution >= 0.6 is 0 Å². The maximum Gasteiger partial charge on any atom is 0.329 e. The molecule has 0 unspecified atom stereocenters. The lowest BCUT2D eigenvalue weighted by Gasteiger charge is -2.31. The zero-order valence-corrected chi connectivity index (χ0v) is 9.22. The quantitative estimate of drug-likeness (QED) is 0.700. The number of ether oxygens (including phenoxy) is 1. The summed E-state index contributed by atoms with van der Waals surface area (Å²) in [6.45, 7) is 4.53. The Bertz CT molecular complexity index is 269. The van der Waals surface area contributed by atoms with Crippen LogP contribution in [0.1, 0.15) is 19.3 Å². The number of carbonyl (C=O) groups is 2. The topological polar surface area (TPSA) is 66.8 Å². The van der Waals surface area contributed by atoms with Crippen LogP contribution < -0.4 is 0 Å². The standard InChI is InChI=1S/C11H17NO4/c1-2-3-10(13)12-6-4-9(5-7-12)16-8-11(14)15/h2,9H,1,3-8H2,(H,14,15). The average Bonchev–Trinajstić information content (AvgIpc) is 2.27. The molecule has 0 saturated carbocycles. The van der Waals surface area contributed by atoms with Crippen LogP contribution in [0, 0.1) is 0 Å². The molecule has 0 bridgehead atoms. The van der Waals surface area contributed by atoms with Gasteiger partial charge in [0.15, 0.2) is 0 Å². The zero-order valence-electron chi connectivity index (χ0n) is 9.22. The minimum atomic E-state index is -0.954. The van der Waals surface area contributed by atoms with Crippen molar-refractivity contribution in [2.24, 2.45) is 0 Å². The second-order valence-electron chi connectivity index (χ2n) is 3.78.